The van der Waals surface area contributed by atoms with Gasteiger partial charge in [-0.15, -0.1) is 11.3 Å². The monoisotopic (exact) mass is 339 g/mol. The molecule has 1 amide bonds. The van der Waals surface area contributed by atoms with E-state index in [1.165, 1.54) is 34.4 Å². The summed E-state index contributed by atoms with van der Waals surface area (Å²) in [4.78, 5) is 26.0. The molecule has 0 fully saturated rings. The first-order valence-electron chi connectivity index (χ1n) is 5.45. The smallest absolute Gasteiger partial charge is 0.299 e. The summed E-state index contributed by atoms with van der Waals surface area (Å²) in [5.41, 5.74) is 0.613. The maximum absolute atomic E-state index is 13.3. The summed E-state index contributed by atoms with van der Waals surface area (Å²) < 4.78 is 14.2. The van der Waals surface area contributed by atoms with Crippen molar-refractivity contribution in [1.29, 1.82) is 0 Å². The minimum absolute atomic E-state index is 0.266. The minimum atomic E-state index is -0.606. The molecule has 0 spiro atoms. The number of nitrogens with zero attached hydrogens (tertiary/aromatic N) is 1. The second-order valence-electron chi connectivity index (χ2n) is 4.11. The molecule has 1 aliphatic heterocycles. The molecule has 1 aliphatic rings. The van der Waals surface area contributed by atoms with E-state index in [0.717, 1.165) is 9.35 Å². The molecular weight excluding hydrogens is 333 g/mol. The van der Waals surface area contributed by atoms with Crippen molar-refractivity contribution in [2.75, 3.05) is 4.90 Å². The summed E-state index contributed by atoms with van der Waals surface area (Å²) in [6.07, 6.45) is 0. The predicted molar refractivity (Wildman–Crippen MR) is 73.9 cm³/mol. The number of amides is 1. The number of anilines is 1. The molecule has 0 atom stereocenters. The Morgan fingerprint density at radius 1 is 1.26 bits per heavy atom. The molecule has 96 valence electrons. The van der Waals surface area contributed by atoms with E-state index in [9.17, 15) is 14.0 Å². The van der Waals surface area contributed by atoms with Crippen LogP contribution in [0.4, 0.5) is 10.1 Å². The molecule has 19 heavy (non-hydrogen) atoms. The maximum Gasteiger partial charge on any atom is 0.299 e. The Labute approximate surface area is 120 Å². The lowest BCUT2D eigenvalue weighted by molar-refractivity contribution is -0.114. The zero-order chi connectivity index (χ0) is 13.6. The van der Waals surface area contributed by atoms with Gasteiger partial charge in [0.2, 0.25) is 0 Å². The predicted octanol–water partition coefficient (Wildman–Crippen LogP) is 3.38. The fourth-order valence-electron chi connectivity index (χ4n) is 2.02. The van der Waals surface area contributed by atoms with Crippen molar-refractivity contribution in [3.05, 3.63) is 50.4 Å². The van der Waals surface area contributed by atoms with Crippen LogP contribution in [0.5, 0.6) is 0 Å². The van der Waals surface area contributed by atoms with Crippen LogP contribution in [0.3, 0.4) is 0 Å². The number of benzene rings is 1. The van der Waals surface area contributed by atoms with Crippen LogP contribution in [0, 0.1) is 5.82 Å². The van der Waals surface area contributed by atoms with Gasteiger partial charge in [0, 0.05) is 14.7 Å². The first-order chi connectivity index (χ1) is 9.06. The lowest BCUT2D eigenvalue weighted by atomic mass is 10.1. The number of hydrogen-bond donors (Lipinski definition) is 0. The number of carbonyl (C=O) groups excluding carboxylic acids is 2. The van der Waals surface area contributed by atoms with Crippen LogP contribution >= 0.6 is 27.3 Å². The third kappa shape index (κ3) is 2.11. The Bertz CT molecular complexity index is 698. The Balaban J connectivity index is 2.01. The number of hydrogen-bond acceptors (Lipinski definition) is 3. The molecule has 0 bridgehead atoms. The highest BCUT2D eigenvalue weighted by Crippen LogP contribution is 2.32. The number of rotatable bonds is 2. The summed E-state index contributed by atoms with van der Waals surface area (Å²) in [5.74, 6) is -1.64. The van der Waals surface area contributed by atoms with E-state index in [2.05, 4.69) is 15.9 Å². The molecule has 3 nitrogen and oxygen atoms in total. The van der Waals surface area contributed by atoms with Crippen molar-refractivity contribution in [1.82, 2.24) is 0 Å². The standard InChI is InChI=1S/C13H7BrFNO2S/c14-7-3-9(19-6-7)5-16-11-4-8(15)1-2-10(11)12(17)13(16)18/h1-4,6H,5H2. The number of thiophene rings is 1. The summed E-state index contributed by atoms with van der Waals surface area (Å²) in [6.45, 7) is 0.275. The maximum atomic E-state index is 13.3. The van der Waals surface area contributed by atoms with E-state index >= 15 is 0 Å². The highest BCUT2D eigenvalue weighted by Gasteiger charge is 2.36. The first kappa shape index (κ1) is 12.5. The Morgan fingerprint density at radius 3 is 2.74 bits per heavy atom. The molecule has 0 radical (unpaired) electrons. The van der Waals surface area contributed by atoms with Crippen molar-refractivity contribution >= 4 is 44.6 Å². The number of carbonyl (C=O) groups is 2. The minimum Gasteiger partial charge on any atom is -0.299 e. The molecule has 0 saturated heterocycles. The second kappa shape index (κ2) is 4.54. The number of Topliss-reactive ketones (excluding diaryl/α,β-unsaturated/α-hetero) is 1. The molecule has 0 aliphatic carbocycles. The van der Waals surface area contributed by atoms with E-state index < -0.39 is 17.5 Å². The fourth-order valence-corrected chi connectivity index (χ4v) is 3.46. The van der Waals surface area contributed by atoms with Crippen LogP contribution in [0.2, 0.25) is 0 Å². The second-order valence-corrected chi connectivity index (χ2v) is 6.02. The average molecular weight is 340 g/mol. The molecular formula is C13H7BrFNO2S. The molecule has 0 unspecified atom stereocenters. The Hall–Kier alpha value is -1.53. The van der Waals surface area contributed by atoms with Gasteiger partial charge in [-0.25, -0.2) is 4.39 Å². The van der Waals surface area contributed by atoms with Crippen LogP contribution in [0.15, 0.2) is 34.1 Å². The Kier molecular flexibility index (Phi) is 2.99. The van der Waals surface area contributed by atoms with Gasteiger partial charge in [-0.2, -0.15) is 0 Å². The summed E-state index contributed by atoms with van der Waals surface area (Å²) in [5, 5.41) is 1.89. The van der Waals surface area contributed by atoms with Crippen LogP contribution in [-0.2, 0) is 11.3 Å². The summed E-state index contributed by atoms with van der Waals surface area (Å²) >= 11 is 4.80. The lowest BCUT2D eigenvalue weighted by Gasteiger charge is -2.15. The molecule has 2 aromatic rings. The largest absolute Gasteiger partial charge is 0.299 e. The van der Waals surface area contributed by atoms with Gasteiger partial charge < -0.3 is 0 Å². The molecule has 1 aromatic carbocycles. The zero-order valence-electron chi connectivity index (χ0n) is 9.52. The van der Waals surface area contributed by atoms with E-state index in [0.29, 0.717) is 5.69 Å². The molecule has 2 heterocycles. The molecule has 6 heteroatoms. The van der Waals surface area contributed by atoms with Gasteiger partial charge in [-0.3, -0.25) is 14.5 Å². The van der Waals surface area contributed by atoms with Crippen molar-refractivity contribution in [3.63, 3.8) is 0 Å². The van der Waals surface area contributed by atoms with Crippen LogP contribution in [-0.4, -0.2) is 11.7 Å². The summed E-state index contributed by atoms with van der Waals surface area (Å²) in [6, 6.07) is 5.64. The third-order valence-electron chi connectivity index (χ3n) is 2.87. The van der Waals surface area contributed by atoms with Crippen LogP contribution in [0.1, 0.15) is 15.2 Å². The number of fused-ring (bicyclic) bond motifs is 1. The average Bonchev–Trinajstić information content (AvgIpc) is 2.88. The van der Waals surface area contributed by atoms with Crippen LogP contribution in [0.25, 0.3) is 0 Å². The van der Waals surface area contributed by atoms with E-state index in [1.54, 1.807) is 0 Å². The van der Waals surface area contributed by atoms with Crippen molar-refractivity contribution in [3.8, 4) is 0 Å². The number of halogens is 2. The zero-order valence-corrected chi connectivity index (χ0v) is 11.9. The van der Waals surface area contributed by atoms with Crippen molar-refractivity contribution < 1.29 is 14.0 Å². The van der Waals surface area contributed by atoms with E-state index in [1.807, 2.05) is 11.4 Å². The SMILES string of the molecule is O=C1C(=O)N(Cc2cc(Br)cs2)c2cc(F)ccc21. The molecule has 0 saturated carbocycles. The lowest BCUT2D eigenvalue weighted by Crippen LogP contribution is -2.28. The fraction of sp³-hybridized carbons (Fsp3) is 0.0769. The number of ketones is 1. The van der Waals surface area contributed by atoms with Gasteiger partial charge in [-0.05, 0) is 40.2 Å². The first-order valence-corrected chi connectivity index (χ1v) is 7.12. The normalized spacial score (nSPS) is 14.1. The van der Waals surface area contributed by atoms with Gasteiger partial charge in [0.25, 0.3) is 11.7 Å². The third-order valence-corrected chi connectivity index (χ3v) is 4.55. The van der Waals surface area contributed by atoms with Gasteiger partial charge in [-0.1, -0.05) is 0 Å². The molecule has 1 aromatic heterocycles. The van der Waals surface area contributed by atoms with Gasteiger partial charge >= 0.3 is 0 Å². The quantitative estimate of drug-likeness (QED) is 0.786. The highest BCUT2D eigenvalue weighted by molar-refractivity contribution is 9.10. The van der Waals surface area contributed by atoms with Crippen LogP contribution < -0.4 is 4.90 Å². The molecule has 0 N–H and O–H groups in total. The van der Waals surface area contributed by atoms with Crippen molar-refractivity contribution in [2.24, 2.45) is 0 Å². The van der Waals surface area contributed by atoms with E-state index in [4.69, 9.17) is 0 Å². The topological polar surface area (TPSA) is 37.4 Å². The van der Waals surface area contributed by atoms with Gasteiger partial charge in [0.15, 0.2) is 0 Å². The summed E-state index contributed by atoms with van der Waals surface area (Å²) in [7, 11) is 0. The van der Waals surface area contributed by atoms with Crippen molar-refractivity contribution in [2.45, 2.75) is 6.54 Å². The van der Waals surface area contributed by atoms with Gasteiger partial charge in [0.05, 0.1) is 17.8 Å². The highest BCUT2D eigenvalue weighted by atomic mass is 79.9. The Morgan fingerprint density at radius 2 is 2.05 bits per heavy atom. The van der Waals surface area contributed by atoms with Gasteiger partial charge in [0.1, 0.15) is 5.82 Å². The van der Waals surface area contributed by atoms with E-state index in [-0.39, 0.29) is 12.1 Å². The molecule has 3 rings (SSSR count).